The number of halogens is 11. The largest absolute Gasteiger partial charge is 0.436 e. The van der Waals surface area contributed by atoms with Gasteiger partial charge >= 0.3 is 18.0 Å². The second kappa shape index (κ2) is 4.48. The first-order valence-corrected chi connectivity index (χ1v) is 4.41. The van der Waals surface area contributed by atoms with E-state index in [2.05, 4.69) is 0 Å². The van der Waals surface area contributed by atoms with Crippen LogP contribution in [0.3, 0.4) is 0 Å². The van der Waals surface area contributed by atoms with Crippen molar-refractivity contribution in [3.63, 3.8) is 0 Å². The highest BCUT2D eigenvalue weighted by Gasteiger charge is 2.75. The molecule has 0 atom stereocenters. The summed E-state index contributed by atoms with van der Waals surface area (Å²) in [5.74, 6) is -11.5. The molecule has 114 valence electrons. The van der Waals surface area contributed by atoms with Gasteiger partial charge in [-0.05, 0) is 0 Å². The van der Waals surface area contributed by atoms with Crippen molar-refractivity contribution in [1.29, 1.82) is 0 Å². The van der Waals surface area contributed by atoms with E-state index < -0.39 is 52.9 Å². The van der Waals surface area contributed by atoms with E-state index in [1.807, 2.05) is 0 Å². The molecule has 0 aliphatic heterocycles. The summed E-state index contributed by atoms with van der Waals surface area (Å²) in [6.07, 6.45) is -13.8. The van der Waals surface area contributed by atoms with E-state index in [4.69, 9.17) is 0 Å². The molecular weight excluding hydrogens is 317 g/mol. The Morgan fingerprint density at radius 1 is 0.600 bits per heavy atom. The van der Waals surface area contributed by atoms with Crippen molar-refractivity contribution in [2.24, 2.45) is 0 Å². The Balaban J connectivity index is 3.87. The molecule has 0 spiro atoms. The molecule has 0 heterocycles. The molecule has 11 heteroatoms. The molecule has 0 N–H and O–H groups in total. The van der Waals surface area contributed by atoms with Crippen LogP contribution in [0.1, 0.15) is 5.56 Å². The van der Waals surface area contributed by atoms with Gasteiger partial charge in [-0.1, -0.05) is 0 Å². The van der Waals surface area contributed by atoms with Gasteiger partial charge in [0.25, 0.3) is 0 Å². The Kier molecular flexibility index (Phi) is 3.70. The van der Waals surface area contributed by atoms with Crippen molar-refractivity contribution in [3.8, 4) is 0 Å². The maximum Gasteiger partial charge on any atom is 0.436 e. The SMILES string of the molecule is Fc1cc(F)c(F)c(C(F)(C(F)(F)F)C(F)(F)F)c1F. The minimum atomic E-state index is -6.90. The van der Waals surface area contributed by atoms with Crippen LogP contribution in [0.2, 0.25) is 0 Å². The van der Waals surface area contributed by atoms with Crippen molar-refractivity contribution in [2.45, 2.75) is 18.0 Å². The maximum atomic E-state index is 13.4. The van der Waals surface area contributed by atoms with Crippen molar-refractivity contribution in [3.05, 3.63) is 34.9 Å². The number of hydrogen-bond acceptors (Lipinski definition) is 0. The molecule has 1 aromatic rings. The van der Waals surface area contributed by atoms with Gasteiger partial charge in [0, 0.05) is 6.07 Å². The molecule has 0 fully saturated rings. The molecule has 20 heavy (non-hydrogen) atoms. The Morgan fingerprint density at radius 3 is 1.15 bits per heavy atom. The van der Waals surface area contributed by atoms with Crippen LogP contribution in [-0.4, -0.2) is 12.4 Å². The fourth-order valence-electron chi connectivity index (χ4n) is 1.32. The normalized spacial score (nSPS) is 13.8. The summed E-state index contributed by atoms with van der Waals surface area (Å²) in [5, 5.41) is 0. The topological polar surface area (TPSA) is 0 Å². The van der Waals surface area contributed by atoms with Crippen molar-refractivity contribution >= 4 is 0 Å². The van der Waals surface area contributed by atoms with Crippen LogP contribution in [0.5, 0.6) is 0 Å². The summed E-state index contributed by atoms with van der Waals surface area (Å²) in [4.78, 5) is 0. The standard InChI is InChI=1S/C9HF11/c10-2-1-3(11)6(13)4(5(2)12)7(14,8(15,16)17)9(18,19)20/h1H. The van der Waals surface area contributed by atoms with Gasteiger partial charge in [-0.3, -0.25) is 0 Å². The predicted molar refractivity (Wildman–Crippen MR) is 41.2 cm³/mol. The average molecular weight is 318 g/mol. The van der Waals surface area contributed by atoms with Crippen LogP contribution in [-0.2, 0) is 5.67 Å². The van der Waals surface area contributed by atoms with Crippen LogP contribution < -0.4 is 0 Å². The third kappa shape index (κ3) is 2.18. The maximum absolute atomic E-state index is 13.4. The highest BCUT2D eigenvalue weighted by molar-refractivity contribution is 5.31. The van der Waals surface area contributed by atoms with Crippen LogP contribution in [0.4, 0.5) is 48.3 Å². The van der Waals surface area contributed by atoms with E-state index in [0.717, 1.165) is 0 Å². The monoisotopic (exact) mass is 318 g/mol. The van der Waals surface area contributed by atoms with Gasteiger partial charge in [-0.2, -0.15) is 26.3 Å². The number of rotatable bonds is 1. The predicted octanol–water partition coefficient (Wildman–Crippen LogP) is 4.53. The van der Waals surface area contributed by atoms with Gasteiger partial charge in [0.1, 0.15) is 0 Å². The number of benzene rings is 1. The molecule has 0 radical (unpaired) electrons. The zero-order chi connectivity index (χ0) is 16.1. The average Bonchev–Trinajstić information content (AvgIpc) is 2.23. The molecule has 0 saturated carbocycles. The molecule has 1 rings (SSSR count). The molecule has 0 nitrogen and oxygen atoms in total. The minimum absolute atomic E-state index is 0.651. The second-order valence-corrected chi connectivity index (χ2v) is 3.50. The van der Waals surface area contributed by atoms with E-state index in [1.165, 1.54) is 0 Å². The van der Waals surface area contributed by atoms with E-state index in [9.17, 15) is 48.3 Å². The Bertz CT molecular complexity index is 484. The highest BCUT2D eigenvalue weighted by atomic mass is 19.4. The fourth-order valence-corrected chi connectivity index (χ4v) is 1.32. The second-order valence-electron chi connectivity index (χ2n) is 3.50. The van der Waals surface area contributed by atoms with E-state index in [-0.39, 0.29) is 0 Å². The summed E-state index contributed by atoms with van der Waals surface area (Å²) in [6, 6.07) is -0.651. The van der Waals surface area contributed by atoms with E-state index in [1.54, 1.807) is 0 Å². The lowest BCUT2D eigenvalue weighted by Gasteiger charge is -2.30. The molecule has 0 saturated heterocycles. The van der Waals surface area contributed by atoms with Gasteiger partial charge in [-0.25, -0.2) is 22.0 Å². The zero-order valence-corrected chi connectivity index (χ0v) is 8.73. The zero-order valence-electron chi connectivity index (χ0n) is 8.73. The van der Waals surface area contributed by atoms with Crippen LogP contribution in [0.25, 0.3) is 0 Å². The first-order chi connectivity index (χ1) is 8.75. The van der Waals surface area contributed by atoms with Gasteiger partial charge in [0.05, 0.1) is 5.56 Å². The van der Waals surface area contributed by atoms with Crippen LogP contribution in [0.15, 0.2) is 6.07 Å². The van der Waals surface area contributed by atoms with Gasteiger partial charge < -0.3 is 0 Å². The van der Waals surface area contributed by atoms with E-state index >= 15 is 0 Å². The van der Waals surface area contributed by atoms with Crippen molar-refractivity contribution in [1.82, 2.24) is 0 Å². The number of alkyl halides is 7. The first-order valence-electron chi connectivity index (χ1n) is 4.41. The third-order valence-corrected chi connectivity index (χ3v) is 2.24. The lowest BCUT2D eigenvalue weighted by atomic mass is 9.92. The van der Waals surface area contributed by atoms with Gasteiger partial charge in [0.15, 0.2) is 23.3 Å². The minimum Gasteiger partial charge on any atom is -0.218 e. The summed E-state index contributed by atoms with van der Waals surface area (Å²) in [7, 11) is 0. The lowest BCUT2D eigenvalue weighted by Crippen LogP contribution is -2.51. The highest BCUT2D eigenvalue weighted by Crippen LogP contribution is 2.54. The van der Waals surface area contributed by atoms with Crippen LogP contribution in [0, 0.1) is 23.3 Å². The quantitative estimate of drug-likeness (QED) is 0.527. The molecule has 0 aliphatic rings. The Labute approximate surface area is 102 Å². The molecule has 0 bridgehead atoms. The van der Waals surface area contributed by atoms with Crippen molar-refractivity contribution in [2.75, 3.05) is 0 Å². The molecular formula is C9HF11. The van der Waals surface area contributed by atoms with Gasteiger partial charge in [-0.15, -0.1) is 0 Å². The summed E-state index contributed by atoms with van der Waals surface area (Å²) in [5.41, 5.74) is -10.0. The summed E-state index contributed by atoms with van der Waals surface area (Å²) >= 11 is 0. The van der Waals surface area contributed by atoms with Gasteiger partial charge in [0.2, 0.25) is 0 Å². The van der Waals surface area contributed by atoms with Crippen molar-refractivity contribution < 1.29 is 48.3 Å². The molecule has 0 aliphatic carbocycles. The molecule has 0 aromatic heterocycles. The molecule has 1 aromatic carbocycles. The third-order valence-electron chi connectivity index (χ3n) is 2.24. The van der Waals surface area contributed by atoms with E-state index in [0.29, 0.717) is 0 Å². The molecule has 0 amide bonds. The Hall–Kier alpha value is -1.55. The summed E-state index contributed by atoms with van der Waals surface area (Å²) in [6.45, 7) is 0. The number of hydrogen-bond donors (Lipinski definition) is 0. The Morgan fingerprint density at radius 2 is 0.900 bits per heavy atom. The smallest absolute Gasteiger partial charge is 0.218 e. The fraction of sp³-hybridized carbons (Fsp3) is 0.333. The first kappa shape index (κ1) is 16.5. The summed E-state index contributed by atoms with van der Waals surface area (Å²) < 4.78 is 138. The molecule has 0 unspecified atom stereocenters. The van der Waals surface area contributed by atoms with Crippen LogP contribution >= 0.6 is 0 Å². The lowest BCUT2D eigenvalue weighted by molar-refractivity contribution is -0.350.